The highest BCUT2D eigenvalue weighted by atomic mass is 16.4. The molecule has 0 saturated heterocycles. The maximum atomic E-state index is 11.6. The summed E-state index contributed by atoms with van der Waals surface area (Å²) in [5, 5.41) is 8.62. The third-order valence-corrected chi connectivity index (χ3v) is 2.50. The van der Waals surface area contributed by atoms with E-state index in [9.17, 15) is 9.59 Å². The smallest absolute Gasteiger partial charge is 0.323 e. The van der Waals surface area contributed by atoms with Crippen molar-refractivity contribution in [1.29, 1.82) is 0 Å². The first-order valence-electron chi connectivity index (χ1n) is 4.71. The lowest BCUT2D eigenvalue weighted by atomic mass is 10.3. The number of amides is 1. The zero-order valence-electron chi connectivity index (χ0n) is 7.40. The predicted octanol–water partition coefficient (Wildman–Crippen LogP) is 0.472. The van der Waals surface area contributed by atoms with Crippen LogP contribution < -0.4 is 0 Å². The van der Waals surface area contributed by atoms with Crippen molar-refractivity contribution < 1.29 is 14.7 Å². The van der Waals surface area contributed by atoms with E-state index in [0.29, 0.717) is 0 Å². The lowest BCUT2D eigenvalue weighted by Crippen LogP contribution is -2.38. The van der Waals surface area contributed by atoms with E-state index >= 15 is 0 Å². The van der Waals surface area contributed by atoms with E-state index in [1.54, 1.807) is 4.90 Å². The number of nitrogens with zero attached hydrogens (tertiary/aromatic N) is 1. The Morgan fingerprint density at radius 3 is 2.23 bits per heavy atom. The Labute approximate surface area is 76.5 Å². The summed E-state index contributed by atoms with van der Waals surface area (Å²) in [6.45, 7) is -0.111. The number of carbonyl (C=O) groups is 2. The van der Waals surface area contributed by atoms with Crippen LogP contribution in [0.25, 0.3) is 0 Å². The molecule has 0 bridgehead atoms. The van der Waals surface area contributed by atoms with Crippen LogP contribution in [0.4, 0.5) is 0 Å². The highest BCUT2D eigenvalue weighted by Gasteiger charge is 2.40. The summed E-state index contributed by atoms with van der Waals surface area (Å²) in [7, 11) is 0. The molecule has 13 heavy (non-hydrogen) atoms. The molecule has 2 fully saturated rings. The van der Waals surface area contributed by atoms with Gasteiger partial charge in [-0.15, -0.1) is 0 Å². The number of carbonyl (C=O) groups excluding carboxylic acids is 1. The predicted molar refractivity (Wildman–Crippen MR) is 45.1 cm³/mol. The number of carboxylic acids is 1. The van der Waals surface area contributed by atoms with Gasteiger partial charge < -0.3 is 10.0 Å². The molecule has 2 saturated carbocycles. The van der Waals surface area contributed by atoms with E-state index < -0.39 is 5.97 Å². The van der Waals surface area contributed by atoms with E-state index in [-0.39, 0.29) is 24.4 Å². The molecule has 0 aromatic carbocycles. The molecule has 2 aliphatic carbocycles. The molecule has 0 unspecified atom stereocenters. The lowest BCUT2D eigenvalue weighted by Gasteiger charge is -2.19. The van der Waals surface area contributed by atoms with Gasteiger partial charge in [-0.25, -0.2) is 0 Å². The monoisotopic (exact) mass is 183 g/mol. The van der Waals surface area contributed by atoms with Gasteiger partial charge in [0, 0.05) is 12.0 Å². The van der Waals surface area contributed by atoms with Crippen LogP contribution >= 0.6 is 0 Å². The Balaban J connectivity index is 1.94. The first-order valence-corrected chi connectivity index (χ1v) is 4.71. The Morgan fingerprint density at radius 1 is 1.23 bits per heavy atom. The fourth-order valence-corrected chi connectivity index (χ4v) is 1.48. The van der Waals surface area contributed by atoms with E-state index in [0.717, 1.165) is 25.7 Å². The molecular formula is C9H13NO3. The Bertz CT molecular complexity index is 243. The van der Waals surface area contributed by atoms with Crippen molar-refractivity contribution in [2.75, 3.05) is 6.54 Å². The maximum absolute atomic E-state index is 11.6. The molecule has 1 N–H and O–H groups in total. The van der Waals surface area contributed by atoms with E-state index in [2.05, 4.69) is 0 Å². The molecule has 1 amide bonds. The Kier molecular flexibility index (Phi) is 1.98. The highest BCUT2D eigenvalue weighted by Crippen LogP contribution is 2.35. The molecule has 0 aromatic heterocycles. The fraction of sp³-hybridized carbons (Fsp3) is 0.778. The zero-order valence-corrected chi connectivity index (χ0v) is 7.40. The molecular weight excluding hydrogens is 170 g/mol. The van der Waals surface area contributed by atoms with Crippen LogP contribution in [0.15, 0.2) is 0 Å². The number of aliphatic carboxylic acids is 1. The van der Waals surface area contributed by atoms with Gasteiger partial charge in [0.15, 0.2) is 0 Å². The first kappa shape index (κ1) is 8.53. The number of rotatable bonds is 4. The molecule has 0 spiro atoms. The van der Waals surface area contributed by atoms with E-state index in [1.165, 1.54) is 0 Å². The Hall–Kier alpha value is -1.06. The van der Waals surface area contributed by atoms with Crippen LogP contribution in [-0.4, -0.2) is 34.5 Å². The summed E-state index contributed by atoms with van der Waals surface area (Å²) in [5.74, 6) is -0.703. The van der Waals surface area contributed by atoms with Crippen molar-refractivity contribution in [1.82, 2.24) is 4.90 Å². The van der Waals surface area contributed by atoms with Crippen molar-refractivity contribution in [3.05, 3.63) is 0 Å². The van der Waals surface area contributed by atoms with Crippen molar-refractivity contribution in [2.24, 2.45) is 5.92 Å². The number of carboxylic acid groups (broad SMARTS) is 1. The zero-order chi connectivity index (χ0) is 9.42. The molecule has 4 heteroatoms. The molecule has 0 atom stereocenters. The lowest BCUT2D eigenvalue weighted by molar-refractivity contribution is -0.145. The summed E-state index contributed by atoms with van der Waals surface area (Å²) in [6, 6.07) is 0.226. The van der Waals surface area contributed by atoms with Gasteiger partial charge in [-0.05, 0) is 25.7 Å². The van der Waals surface area contributed by atoms with Crippen LogP contribution in [0.3, 0.4) is 0 Å². The van der Waals surface area contributed by atoms with E-state index in [4.69, 9.17) is 5.11 Å². The second-order valence-electron chi connectivity index (χ2n) is 3.87. The highest BCUT2D eigenvalue weighted by molar-refractivity contribution is 5.85. The van der Waals surface area contributed by atoms with Gasteiger partial charge in [0.05, 0.1) is 0 Å². The van der Waals surface area contributed by atoms with Crippen molar-refractivity contribution in [3.8, 4) is 0 Å². The fourth-order valence-electron chi connectivity index (χ4n) is 1.48. The standard InChI is InChI=1S/C9H13NO3/c11-8(12)5-10(7-3-4-7)9(13)6-1-2-6/h6-7H,1-5H2,(H,11,12). The van der Waals surface area contributed by atoms with Gasteiger partial charge in [0.25, 0.3) is 0 Å². The second-order valence-corrected chi connectivity index (χ2v) is 3.87. The van der Waals surface area contributed by atoms with Crippen LogP contribution in [0.5, 0.6) is 0 Å². The minimum absolute atomic E-state index is 0.0601. The third-order valence-electron chi connectivity index (χ3n) is 2.50. The summed E-state index contributed by atoms with van der Waals surface area (Å²) < 4.78 is 0. The van der Waals surface area contributed by atoms with Crippen molar-refractivity contribution >= 4 is 11.9 Å². The molecule has 72 valence electrons. The van der Waals surface area contributed by atoms with Gasteiger partial charge in [0.2, 0.25) is 5.91 Å². The molecule has 2 aliphatic rings. The molecule has 2 rings (SSSR count). The van der Waals surface area contributed by atoms with Gasteiger partial charge in [0.1, 0.15) is 6.54 Å². The van der Waals surface area contributed by atoms with Gasteiger partial charge in [-0.2, -0.15) is 0 Å². The second kappa shape index (κ2) is 3.01. The normalized spacial score (nSPS) is 21.2. The molecule has 4 nitrogen and oxygen atoms in total. The molecule has 0 aromatic rings. The summed E-state index contributed by atoms with van der Waals surface area (Å²) in [6.07, 6.45) is 3.85. The molecule has 0 radical (unpaired) electrons. The van der Waals surface area contributed by atoms with Crippen LogP contribution in [-0.2, 0) is 9.59 Å². The quantitative estimate of drug-likeness (QED) is 0.689. The summed E-state index contributed by atoms with van der Waals surface area (Å²) >= 11 is 0. The topological polar surface area (TPSA) is 57.6 Å². The van der Waals surface area contributed by atoms with Crippen molar-refractivity contribution in [2.45, 2.75) is 31.7 Å². The molecule has 0 aliphatic heterocycles. The number of hydrogen-bond acceptors (Lipinski definition) is 2. The largest absolute Gasteiger partial charge is 0.480 e. The van der Waals surface area contributed by atoms with Gasteiger partial charge >= 0.3 is 5.97 Å². The average Bonchev–Trinajstić information content (AvgIpc) is 2.83. The number of hydrogen-bond donors (Lipinski definition) is 1. The summed E-state index contributed by atoms with van der Waals surface area (Å²) in [4.78, 5) is 23.6. The Morgan fingerprint density at radius 2 is 1.85 bits per heavy atom. The summed E-state index contributed by atoms with van der Waals surface area (Å²) in [5.41, 5.74) is 0. The minimum atomic E-state index is -0.902. The van der Waals surface area contributed by atoms with Crippen LogP contribution in [0.1, 0.15) is 25.7 Å². The van der Waals surface area contributed by atoms with Crippen molar-refractivity contribution in [3.63, 3.8) is 0 Å². The van der Waals surface area contributed by atoms with Crippen LogP contribution in [0.2, 0.25) is 0 Å². The average molecular weight is 183 g/mol. The van der Waals surface area contributed by atoms with Gasteiger partial charge in [-0.3, -0.25) is 9.59 Å². The SMILES string of the molecule is O=C(O)CN(C(=O)C1CC1)C1CC1. The minimum Gasteiger partial charge on any atom is -0.480 e. The third kappa shape index (κ3) is 1.99. The maximum Gasteiger partial charge on any atom is 0.323 e. The van der Waals surface area contributed by atoms with E-state index in [1.807, 2.05) is 0 Å². The van der Waals surface area contributed by atoms with Gasteiger partial charge in [-0.1, -0.05) is 0 Å². The first-order chi connectivity index (χ1) is 6.18. The van der Waals surface area contributed by atoms with Crippen LogP contribution in [0, 0.1) is 5.92 Å². The molecule has 0 heterocycles.